The topological polar surface area (TPSA) is 67.4 Å². The van der Waals surface area contributed by atoms with E-state index in [0.29, 0.717) is 22.1 Å². The Balaban J connectivity index is 1.59. The largest absolute Gasteiger partial charge is 0.484 e. The van der Waals surface area contributed by atoms with Crippen molar-refractivity contribution in [2.75, 3.05) is 17.2 Å². The molecule has 2 amide bonds. The summed E-state index contributed by atoms with van der Waals surface area (Å²) in [6.07, 6.45) is 1.89. The Hall–Kier alpha value is -2.53. The number of hydrogen-bond acceptors (Lipinski definition) is 3. The van der Waals surface area contributed by atoms with Crippen LogP contribution in [0.3, 0.4) is 0 Å². The Bertz CT molecular complexity index is 847. The second-order valence-corrected chi connectivity index (χ2v) is 6.90. The van der Waals surface area contributed by atoms with Crippen LogP contribution in [0.2, 0.25) is 5.02 Å². The molecule has 3 rings (SSSR count). The standard InChI is InChI=1S/C20H21ClN2O3/c1-12-10-15(8-9-16(12)21)26-11-19(24)22-17-4-3-5-18(13(17)2)23-20(25)14-6-7-14/h3-5,8-10,14H,6-7,11H2,1-2H3,(H,22,24)(H,23,25). The summed E-state index contributed by atoms with van der Waals surface area (Å²) in [7, 11) is 0. The fraction of sp³-hybridized carbons (Fsp3) is 0.300. The Kier molecular flexibility index (Phi) is 5.47. The molecule has 1 saturated carbocycles. The Morgan fingerprint density at radius 1 is 1.12 bits per heavy atom. The highest BCUT2D eigenvalue weighted by molar-refractivity contribution is 6.31. The van der Waals surface area contributed by atoms with Crippen LogP contribution in [0, 0.1) is 19.8 Å². The van der Waals surface area contributed by atoms with Gasteiger partial charge in [0, 0.05) is 22.3 Å². The monoisotopic (exact) mass is 372 g/mol. The lowest BCUT2D eigenvalue weighted by atomic mass is 10.1. The van der Waals surface area contributed by atoms with Gasteiger partial charge in [-0.25, -0.2) is 0 Å². The van der Waals surface area contributed by atoms with Crippen LogP contribution in [-0.2, 0) is 9.59 Å². The molecule has 0 unspecified atom stereocenters. The number of aryl methyl sites for hydroxylation is 1. The van der Waals surface area contributed by atoms with Gasteiger partial charge in [0.15, 0.2) is 6.61 Å². The quantitative estimate of drug-likeness (QED) is 0.793. The van der Waals surface area contributed by atoms with Crippen molar-refractivity contribution in [2.45, 2.75) is 26.7 Å². The van der Waals surface area contributed by atoms with Gasteiger partial charge in [0.2, 0.25) is 5.91 Å². The van der Waals surface area contributed by atoms with Gasteiger partial charge in [-0.3, -0.25) is 9.59 Å². The van der Waals surface area contributed by atoms with E-state index in [1.807, 2.05) is 19.9 Å². The normalized spacial score (nSPS) is 13.2. The molecule has 0 spiro atoms. The van der Waals surface area contributed by atoms with Crippen molar-refractivity contribution in [1.29, 1.82) is 0 Å². The maximum Gasteiger partial charge on any atom is 0.262 e. The second kappa shape index (κ2) is 7.79. The number of carbonyl (C=O) groups is 2. The van der Waals surface area contributed by atoms with E-state index in [4.69, 9.17) is 16.3 Å². The van der Waals surface area contributed by atoms with E-state index in [0.717, 1.165) is 24.0 Å². The maximum absolute atomic E-state index is 12.2. The first-order valence-corrected chi connectivity index (χ1v) is 8.91. The van der Waals surface area contributed by atoms with Crippen LogP contribution < -0.4 is 15.4 Å². The third kappa shape index (κ3) is 4.55. The van der Waals surface area contributed by atoms with E-state index in [-0.39, 0.29) is 24.3 Å². The van der Waals surface area contributed by atoms with Crippen LogP contribution in [0.1, 0.15) is 24.0 Å². The van der Waals surface area contributed by atoms with E-state index in [1.54, 1.807) is 30.3 Å². The predicted molar refractivity (Wildman–Crippen MR) is 103 cm³/mol. The van der Waals surface area contributed by atoms with E-state index in [2.05, 4.69) is 10.6 Å². The average molecular weight is 373 g/mol. The van der Waals surface area contributed by atoms with Crippen LogP contribution in [0.5, 0.6) is 5.75 Å². The molecule has 0 atom stereocenters. The van der Waals surface area contributed by atoms with E-state index < -0.39 is 0 Å². The summed E-state index contributed by atoms with van der Waals surface area (Å²) < 4.78 is 5.51. The summed E-state index contributed by atoms with van der Waals surface area (Å²) in [4.78, 5) is 24.1. The molecule has 0 saturated heterocycles. The lowest BCUT2D eigenvalue weighted by Crippen LogP contribution is -2.21. The summed E-state index contributed by atoms with van der Waals surface area (Å²) in [5.41, 5.74) is 3.07. The first-order valence-electron chi connectivity index (χ1n) is 8.53. The minimum absolute atomic E-state index is 0.0398. The van der Waals surface area contributed by atoms with Crippen molar-refractivity contribution in [2.24, 2.45) is 5.92 Å². The van der Waals surface area contributed by atoms with Crippen molar-refractivity contribution in [3.05, 3.63) is 52.5 Å². The van der Waals surface area contributed by atoms with E-state index in [9.17, 15) is 9.59 Å². The van der Waals surface area contributed by atoms with Crippen molar-refractivity contribution in [1.82, 2.24) is 0 Å². The fourth-order valence-corrected chi connectivity index (χ4v) is 2.65. The summed E-state index contributed by atoms with van der Waals surface area (Å²) in [6, 6.07) is 10.7. The van der Waals surface area contributed by atoms with E-state index in [1.165, 1.54) is 0 Å². The Labute approximate surface area is 157 Å². The number of hydrogen-bond donors (Lipinski definition) is 2. The van der Waals surface area contributed by atoms with Gasteiger partial charge in [-0.15, -0.1) is 0 Å². The molecule has 136 valence electrons. The molecule has 1 aliphatic carbocycles. The van der Waals surface area contributed by atoms with Crippen molar-refractivity contribution >= 4 is 34.8 Å². The third-order valence-electron chi connectivity index (χ3n) is 4.31. The number of nitrogens with one attached hydrogen (secondary N) is 2. The number of ether oxygens (including phenoxy) is 1. The molecule has 0 bridgehead atoms. The highest BCUT2D eigenvalue weighted by Crippen LogP contribution is 2.31. The summed E-state index contributed by atoms with van der Waals surface area (Å²) in [5.74, 6) is 0.484. The molecule has 0 aromatic heterocycles. The van der Waals surface area contributed by atoms with Gasteiger partial charge in [0.05, 0.1) is 0 Å². The lowest BCUT2D eigenvalue weighted by Gasteiger charge is -2.14. The first-order chi connectivity index (χ1) is 12.4. The van der Waals surface area contributed by atoms with Crippen LogP contribution in [0.4, 0.5) is 11.4 Å². The number of amides is 2. The second-order valence-electron chi connectivity index (χ2n) is 6.49. The van der Waals surface area contributed by atoms with Gasteiger partial charge in [0.1, 0.15) is 5.75 Å². The molecule has 2 N–H and O–H groups in total. The average Bonchev–Trinajstić information content (AvgIpc) is 3.44. The molecule has 1 aliphatic rings. The molecule has 5 nitrogen and oxygen atoms in total. The number of anilines is 2. The predicted octanol–water partition coefficient (Wildman–Crippen LogP) is 4.32. The number of rotatable bonds is 6. The molecule has 1 fully saturated rings. The molecule has 2 aromatic rings. The highest BCUT2D eigenvalue weighted by atomic mass is 35.5. The minimum atomic E-state index is -0.272. The van der Waals surface area contributed by atoms with Gasteiger partial charge in [0.25, 0.3) is 5.91 Å². The zero-order chi connectivity index (χ0) is 18.7. The smallest absolute Gasteiger partial charge is 0.262 e. The van der Waals surface area contributed by atoms with Gasteiger partial charge < -0.3 is 15.4 Å². The number of carbonyl (C=O) groups excluding carboxylic acids is 2. The Morgan fingerprint density at radius 2 is 1.81 bits per heavy atom. The number of halogens is 1. The highest BCUT2D eigenvalue weighted by Gasteiger charge is 2.29. The molecular formula is C20H21ClN2O3. The van der Waals surface area contributed by atoms with Crippen molar-refractivity contribution < 1.29 is 14.3 Å². The SMILES string of the molecule is Cc1cc(OCC(=O)Nc2cccc(NC(=O)C3CC3)c2C)ccc1Cl. The van der Waals surface area contributed by atoms with Gasteiger partial charge in [-0.2, -0.15) is 0 Å². The Morgan fingerprint density at radius 3 is 2.46 bits per heavy atom. The molecule has 0 heterocycles. The fourth-order valence-electron chi connectivity index (χ4n) is 2.53. The lowest BCUT2D eigenvalue weighted by molar-refractivity contribution is -0.118. The van der Waals surface area contributed by atoms with Gasteiger partial charge in [-0.1, -0.05) is 17.7 Å². The van der Waals surface area contributed by atoms with Gasteiger partial charge >= 0.3 is 0 Å². The summed E-state index contributed by atoms with van der Waals surface area (Å²) >= 11 is 5.98. The molecule has 6 heteroatoms. The minimum Gasteiger partial charge on any atom is -0.484 e. The summed E-state index contributed by atoms with van der Waals surface area (Å²) in [6.45, 7) is 3.63. The number of benzene rings is 2. The summed E-state index contributed by atoms with van der Waals surface area (Å²) in [5, 5.41) is 6.40. The van der Waals surface area contributed by atoms with Gasteiger partial charge in [-0.05, 0) is 68.1 Å². The zero-order valence-corrected chi connectivity index (χ0v) is 15.5. The zero-order valence-electron chi connectivity index (χ0n) is 14.8. The van der Waals surface area contributed by atoms with E-state index >= 15 is 0 Å². The molecule has 0 radical (unpaired) electrons. The molecule has 26 heavy (non-hydrogen) atoms. The molecule has 0 aliphatic heterocycles. The third-order valence-corrected chi connectivity index (χ3v) is 4.74. The van der Waals surface area contributed by atoms with Crippen LogP contribution in [0.15, 0.2) is 36.4 Å². The molecule has 2 aromatic carbocycles. The van der Waals surface area contributed by atoms with Crippen molar-refractivity contribution in [3.63, 3.8) is 0 Å². The maximum atomic E-state index is 12.2. The van der Waals surface area contributed by atoms with Crippen LogP contribution in [0.25, 0.3) is 0 Å². The van der Waals surface area contributed by atoms with Crippen molar-refractivity contribution in [3.8, 4) is 5.75 Å². The first kappa shape index (κ1) is 18.3. The van der Waals surface area contributed by atoms with Crippen LogP contribution >= 0.6 is 11.6 Å². The molecular weight excluding hydrogens is 352 g/mol. The van der Waals surface area contributed by atoms with Crippen LogP contribution in [-0.4, -0.2) is 18.4 Å².